The average molecular weight is 317 g/mol. The molecule has 2 rings (SSSR count). The highest BCUT2D eigenvalue weighted by molar-refractivity contribution is 5.91. The number of amides is 1. The number of hydrogen-bond acceptors (Lipinski definition) is 6. The van der Waals surface area contributed by atoms with Crippen LogP contribution in [0.2, 0.25) is 0 Å². The van der Waals surface area contributed by atoms with E-state index in [0.717, 1.165) is 0 Å². The van der Waals surface area contributed by atoms with E-state index in [1.54, 1.807) is 37.4 Å². The van der Waals surface area contributed by atoms with E-state index < -0.39 is 0 Å². The van der Waals surface area contributed by atoms with Gasteiger partial charge in [0.2, 0.25) is 0 Å². The van der Waals surface area contributed by atoms with E-state index in [0.29, 0.717) is 29.5 Å². The molecule has 0 radical (unpaired) electrons. The SMILES string of the molecule is COc1ccccc1OCC(=O)Nc1ccc(NCCO)nc1. The third kappa shape index (κ3) is 5.15. The number of carbonyl (C=O) groups is 1. The summed E-state index contributed by atoms with van der Waals surface area (Å²) in [4.78, 5) is 16.0. The number of pyridine rings is 1. The van der Waals surface area contributed by atoms with Crippen LogP contribution in [-0.4, -0.2) is 42.9 Å². The Kier molecular flexibility index (Phi) is 6.19. The zero-order valence-electron chi connectivity index (χ0n) is 12.8. The molecule has 1 aromatic carbocycles. The van der Waals surface area contributed by atoms with E-state index >= 15 is 0 Å². The van der Waals surface area contributed by atoms with Crippen LogP contribution in [0.25, 0.3) is 0 Å². The van der Waals surface area contributed by atoms with Gasteiger partial charge in [-0.1, -0.05) is 12.1 Å². The summed E-state index contributed by atoms with van der Waals surface area (Å²) >= 11 is 0. The van der Waals surface area contributed by atoms with Crippen LogP contribution in [0.5, 0.6) is 11.5 Å². The first kappa shape index (κ1) is 16.6. The lowest BCUT2D eigenvalue weighted by atomic mass is 10.3. The van der Waals surface area contributed by atoms with Gasteiger partial charge in [0, 0.05) is 6.54 Å². The minimum Gasteiger partial charge on any atom is -0.493 e. The monoisotopic (exact) mass is 317 g/mol. The molecule has 0 saturated heterocycles. The van der Waals surface area contributed by atoms with Crippen molar-refractivity contribution in [3.05, 3.63) is 42.6 Å². The average Bonchev–Trinajstić information content (AvgIpc) is 2.59. The number of nitrogens with one attached hydrogen (secondary N) is 2. The Hall–Kier alpha value is -2.80. The molecule has 23 heavy (non-hydrogen) atoms. The van der Waals surface area contributed by atoms with Crippen molar-refractivity contribution in [3.8, 4) is 11.5 Å². The predicted molar refractivity (Wildman–Crippen MR) is 86.9 cm³/mol. The molecule has 7 nitrogen and oxygen atoms in total. The quantitative estimate of drug-likeness (QED) is 0.683. The first-order valence-electron chi connectivity index (χ1n) is 7.09. The molecule has 122 valence electrons. The van der Waals surface area contributed by atoms with E-state index in [-0.39, 0.29) is 19.1 Å². The van der Waals surface area contributed by atoms with E-state index in [1.165, 1.54) is 6.20 Å². The fourth-order valence-corrected chi connectivity index (χ4v) is 1.83. The maximum Gasteiger partial charge on any atom is 0.262 e. The fourth-order valence-electron chi connectivity index (χ4n) is 1.83. The lowest BCUT2D eigenvalue weighted by molar-refractivity contribution is -0.118. The van der Waals surface area contributed by atoms with Gasteiger partial charge in [0.1, 0.15) is 5.82 Å². The number of benzene rings is 1. The smallest absolute Gasteiger partial charge is 0.262 e. The number of ether oxygens (including phenoxy) is 2. The van der Waals surface area contributed by atoms with Gasteiger partial charge in [-0.2, -0.15) is 0 Å². The number of aromatic nitrogens is 1. The second-order valence-corrected chi connectivity index (χ2v) is 4.57. The summed E-state index contributed by atoms with van der Waals surface area (Å²) in [6.07, 6.45) is 1.53. The summed E-state index contributed by atoms with van der Waals surface area (Å²) in [5, 5.41) is 14.3. The van der Waals surface area contributed by atoms with Crippen molar-refractivity contribution in [2.45, 2.75) is 0 Å². The lowest BCUT2D eigenvalue weighted by Crippen LogP contribution is -2.20. The Bertz CT molecular complexity index is 631. The fraction of sp³-hybridized carbons (Fsp3) is 0.250. The highest BCUT2D eigenvalue weighted by atomic mass is 16.5. The van der Waals surface area contributed by atoms with Crippen molar-refractivity contribution in [3.63, 3.8) is 0 Å². The first-order chi connectivity index (χ1) is 11.2. The van der Waals surface area contributed by atoms with Crippen LogP contribution in [0.4, 0.5) is 11.5 Å². The van der Waals surface area contributed by atoms with Crippen LogP contribution in [0.3, 0.4) is 0 Å². The number of carbonyl (C=O) groups excluding carboxylic acids is 1. The molecule has 0 unspecified atom stereocenters. The molecule has 0 saturated carbocycles. The minimum absolute atomic E-state index is 0.0282. The molecule has 3 N–H and O–H groups in total. The molecule has 0 aliphatic rings. The molecule has 0 aliphatic carbocycles. The second-order valence-electron chi connectivity index (χ2n) is 4.57. The molecule has 0 atom stereocenters. The van der Waals surface area contributed by atoms with Gasteiger partial charge < -0.3 is 25.2 Å². The first-order valence-corrected chi connectivity index (χ1v) is 7.09. The van der Waals surface area contributed by atoms with E-state index in [2.05, 4.69) is 15.6 Å². The Balaban J connectivity index is 1.84. The summed E-state index contributed by atoms with van der Waals surface area (Å²) in [6, 6.07) is 10.5. The summed E-state index contributed by atoms with van der Waals surface area (Å²) < 4.78 is 10.6. The van der Waals surface area contributed by atoms with Crippen molar-refractivity contribution in [1.29, 1.82) is 0 Å². The summed E-state index contributed by atoms with van der Waals surface area (Å²) in [5.74, 6) is 1.41. The topological polar surface area (TPSA) is 92.7 Å². The molecule has 0 bridgehead atoms. The third-order valence-electron chi connectivity index (χ3n) is 2.89. The van der Waals surface area contributed by atoms with Crippen molar-refractivity contribution >= 4 is 17.4 Å². The predicted octanol–water partition coefficient (Wildman–Crippen LogP) is 1.51. The van der Waals surface area contributed by atoms with Crippen LogP contribution >= 0.6 is 0 Å². The van der Waals surface area contributed by atoms with Gasteiger partial charge in [-0.15, -0.1) is 0 Å². The number of rotatable bonds is 8. The summed E-state index contributed by atoms with van der Waals surface area (Å²) in [5.41, 5.74) is 0.563. The molecule has 0 spiro atoms. The highest BCUT2D eigenvalue weighted by Crippen LogP contribution is 2.25. The Morgan fingerprint density at radius 1 is 1.22 bits per heavy atom. The maximum absolute atomic E-state index is 11.9. The zero-order chi connectivity index (χ0) is 16.5. The minimum atomic E-state index is -0.297. The number of hydrogen-bond donors (Lipinski definition) is 3. The van der Waals surface area contributed by atoms with Crippen molar-refractivity contribution in [2.75, 3.05) is 37.5 Å². The van der Waals surface area contributed by atoms with Gasteiger partial charge in [0.25, 0.3) is 5.91 Å². The lowest BCUT2D eigenvalue weighted by Gasteiger charge is -2.10. The number of aliphatic hydroxyl groups excluding tert-OH is 1. The molecule has 7 heteroatoms. The zero-order valence-corrected chi connectivity index (χ0v) is 12.8. The van der Waals surface area contributed by atoms with Crippen LogP contribution in [0, 0.1) is 0 Å². The van der Waals surface area contributed by atoms with Gasteiger partial charge in [-0.3, -0.25) is 4.79 Å². The summed E-state index contributed by atoms with van der Waals surface area (Å²) in [7, 11) is 1.54. The molecule has 0 fully saturated rings. The Morgan fingerprint density at radius 2 is 2.00 bits per heavy atom. The third-order valence-corrected chi connectivity index (χ3v) is 2.89. The van der Waals surface area contributed by atoms with Crippen molar-refractivity contribution in [1.82, 2.24) is 4.98 Å². The molecular weight excluding hydrogens is 298 g/mol. The van der Waals surface area contributed by atoms with Crippen LogP contribution in [0.15, 0.2) is 42.6 Å². The molecular formula is C16H19N3O4. The van der Waals surface area contributed by atoms with Gasteiger partial charge >= 0.3 is 0 Å². The highest BCUT2D eigenvalue weighted by Gasteiger charge is 2.07. The standard InChI is InChI=1S/C16H19N3O4/c1-22-13-4-2-3-5-14(13)23-11-16(21)19-12-6-7-15(18-10-12)17-8-9-20/h2-7,10,20H,8-9,11H2,1H3,(H,17,18)(H,19,21). The largest absolute Gasteiger partial charge is 0.493 e. The molecule has 2 aromatic rings. The van der Waals surface area contributed by atoms with E-state index in [1.807, 2.05) is 6.07 Å². The van der Waals surface area contributed by atoms with Crippen LogP contribution < -0.4 is 20.1 Å². The van der Waals surface area contributed by atoms with Crippen LogP contribution in [0.1, 0.15) is 0 Å². The number of aliphatic hydroxyl groups is 1. The van der Waals surface area contributed by atoms with Gasteiger partial charge in [-0.05, 0) is 24.3 Å². The second kappa shape index (κ2) is 8.60. The summed E-state index contributed by atoms with van der Waals surface area (Å²) in [6.45, 7) is 0.316. The van der Waals surface area contributed by atoms with E-state index in [4.69, 9.17) is 14.6 Å². The molecule has 0 aliphatic heterocycles. The van der Waals surface area contributed by atoms with Gasteiger partial charge in [0.15, 0.2) is 18.1 Å². The van der Waals surface area contributed by atoms with Gasteiger partial charge in [-0.25, -0.2) is 4.98 Å². The number of nitrogens with zero attached hydrogens (tertiary/aromatic N) is 1. The Morgan fingerprint density at radius 3 is 2.65 bits per heavy atom. The number of para-hydroxylation sites is 2. The van der Waals surface area contributed by atoms with Crippen LogP contribution in [-0.2, 0) is 4.79 Å². The molecule has 1 amide bonds. The van der Waals surface area contributed by atoms with Gasteiger partial charge in [0.05, 0.1) is 25.6 Å². The number of anilines is 2. The number of methoxy groups -OCH3 is 1. The van der Waals surface area contributed by atoms with Crippen molar-refractivity contribution < 1.29 is 19.4 Å². The normalized spacial score (nSPS) is 10.0. The van der Waals surface area contributed by atoms with Crippen molar-refractivity contribution in [2.24, 2.45) is 0 Å². The molecule has 1 heterocycles. The Labute approximate surface area is 134 Å². The molecule has 1 aromatic heterocycles. The maximum atomic E-state index is 11.9. The van der Waals surface area contributed by atoms with E-state index in [9.17, 15) is 4.79 Å².